The first kappa shape index (κ1) is 23.2. The number of alkyl halides is 3. The highest BCUT2D eigenvalue weighted by molar-refractivity contribution is 6.34. The monoisotopic (exact) mass is 473 g/mol. The summed E-state index contributed by atoms with van der Waals surface area (Å²) in [6.45, 7) is 1.13. The summed E-state index contributed by atoms with van der Waals surface area (Å²) in [4.78, 5) is 20.0. The average molecular weight is 474 g/mol. The van der Waals surface area contributed by atoms with Crippen molar-refractivity contribution in [1.82, 2.24) is 4.98 Å². The van der Waals surface area contributed by atoms with Crippen LogP contribution in [-0.4, -0.2) is 29.2 Å². The zero-order valence-electron chi connectivity index (χ0n) is 16.1. The molecule has 0 bridgehead atoms. The second-order valence-electron chi connectivity index (χ2n) is 7.02. The predicted octanol–water partition coefficient (Wildman–Crippen LogP) is 4.02. The number of rotatable bonds is 3. The number of nitrogens with one attached hydrogen (secondary N) is 1. The molecule has 32 heavy (non-hydrogen) atoms. The third-order valence-electron chi connectivity index (χ3n) is 4.62. The Hall–Kier alpha value is -3.46. The Labute approximate surface area is 182 Å². The molecule has 0 fully saturated rings. The highest BCUT2D eigenvalue weighted by atomic mass is 35.5. The number of aromatic nitrogens is 1. The lowest BCUT2D eigenvalue weighted by molar-refractivity contribution is -0.208. The van der Waals surface area contributed by atoms with Crippen LogP contribution in [0.5, 0.6) is 0 Å². The van der Waals surface area contributed by atoms with Crippen LogP contribution in [0.4, 0.5) is 27.6 Å². The molecule has 1 aliphatic heterocycles. The predicted molar refractivity (Wildman–Crippen MR) is 103 cm³/mol. The average Bonchev–Trinajstić information content (AvgIpc) is 2.68. The van der Waals surface area contributed by atoms with Gasteiger partial charge in [0.15, 0.2) is 17.7 Å². The lowest BCUT2D eigenvalue weighted by atomic mass is 9.85. The van der Waals surface area contributed by atoms with Crippen molar-refractivity contribution in [3.05, 3.63) is 57.9 Å². The van der Waals surface area contributed by atoms with Gasteiger partial charge >= 0.3 is 6.18 Å². The molecule has 0 spiro atoms. The number of aliphatic imine (C=N–C) groups is 1. The van der Waals surface area contributed by atoms with E-state index in [2.05, 4.69) is 20.0 Å². The Balaban J connectivity index is 1.99. The van der Waals surface area contributed by atoms with Gasteiger partial charge in [-0.3, -0.25) is 4.79 Å². The summed E-state index contributed by atoms with van der Waals surface area (Å²) < 4.78 is 72.9. The number of carbonyl (C=O) groups is 1. The van der Waals surface area contributed by atoms with Crippen molar-refractivity contribution in [3.8, 4) is 6.07 Å². The normalized spacial score (nSPS) is 20.7. The van der Waals surface area contributed by atoms with E-state index in [0.717, 1.165) is 19.2 Å². The van der Waals surface area contributed by atoms with Gasteiger partial charge in [0, 0.05) is 29.9 Å². The van der Waals surface area contributed by atoms with Crippen LogP contribution in [0.25, 0.3) is 0 Å². The van der Waals surface area contributed by atoms with E-state index in [1.54, 1.807) is 6.07 Å². The van der Waals surface area contributed by atoms with Crippen LogP contribution in [0, 0.1) is 23.0 Å². The molecule has 1 aliphatic rings. The first-order valence-corrected chi connectivity index (χ1v) is 9.17. The van der Waals surface area contributed by atoms with Gasteiger partial charge in [0.25, 0.3) is 11.9 Å². The molecule has 0 unspecified atom stereocenters. The molecular formula is C19H13ClF5N5O2. The van der Waals surface area contributed by atoms with E-state index in [1.807, 2.05) is 0 Å². The molecular weight excluding hydrogens is 461 g/mol. The standard InChI is InChI=1S/C19H13ClF5N5O2/c1-18(5-13(19(23,24)25)32-17(27)30-18)10-3-9(4-12(21)14(10)22)29-16(31)15-11(20)2-8(6-26)7-28-15/h2-4,7,13H,5H2,1H3,(H2,27,30)(H,29,31)/t13-,18+/m0/s1. The summed E-state index contributed by atoms with van der Waals surface area (Å²) >= 11 is 5.92. The highest BCUT2D eigenvalue weighted by Gasteiger charge is 2.50. The number of nitriles is 1. The molecule has 3 N–H and O–H groups in total. The Morgan fingerprint density at radius 1 is 1.38 bits per heavy atom. The number of carbonyl (C=O) groups excluding carboxylic acids is 1. The SMILES string of the molecule is C[C@]1(c2cc(NC(=O)c3ncc(C#N)cc3Cl)cc(F)c2F)C[C@@H](C(F)(F)F)OC(N)=N1. The van der Waals surface area contributed by atoms with E-state index >= 15 is 0 Å². The topological polar surface area (TPSA) is 113 Å². The fourth-order valence-corrected chi connectivity index (χ4v) is 3.38. The Morgan fingerprint density at radius 2 is 2.06 bits per heavy atom. The fraction of sp³-hybridized carbons (Fsp3) is 0.263. The van der Waals surface area contributed by atoms with Crippen LogP contribution < -0.4 is 11.1 Å². The number of ether oxygens (including phenoxy) is 1. The number of anilines is 1. The quantitative estimate of drug-likeness (QED) is 0.654. The maximum Gasteiger partial charge on any atom is 0.425 e. The van der Waals surface area contributed by atoms with E-state index in [4.69, 9.17) is 22.6 Å². The largest absolute Gasteiger partial charge is 0.452 e. The highest BCUT2D eigenvalue weighted by Crippen LogP contribution is 2.41. The van der Waals surface area contributed by atoms with Gasteiger partial charge in [0.2, 0.25) is 0 Å². The fourth-order valence-electron chi connectivity index (χ4n) is 3.13. The number of hydrogen-bond donors (Lipinski definition) is 2. The van der Waals surface area contributed by atoms with Crippen molar-refractivity contribution >= 4 is 29.2 Å². The molecule has 2 heterocycles. The van der Waals surface area contributed by atoms with Crippen LogP contribution in [-0.2, 0) is 10.3 Å². The molecule has 0 saturated carbocycles. The summed E-state index contributed by atoms with van der Waals surface area (Å²) in [6.07, 6.45) is -7.03. The summed E-state index contributed by atoms with van der Waals surface area (Å²) in [7, 11) is 0. The van der Waals surface area contributed by atoms with Crippen LogP contribution in [0.15, 0.2) is 29.4 Å². The van der Waals surface area contributed by atoms with Crippen LogP contribution in [0.1, 0.15) is 35.0 Å². The van der Waals surface area contributed by atoms with E-state index in [9.17, 15) is 26.7 Å². The number of nitrogens with zero attached hydrogens (tertiary/aromatic N) is 3. The van der Waals surface area contributed by atoms with Gasteiger partial charge in [-0.05, 0) is 19.1 Å². The van der Waals surface area contributed by atoms with E-state index in [1.165, 1.54) is 6.07 Å². The lowest BCUT2D eigenvalue weighted by Gasteiger charge is -2.36. The summed E-state index contributed by atoms with van der Waals surface area (Å²) in [5.41, 5.74) is 2.31. The minimum Gasteiger partial charge on any atom is -0.452 e. The van der Waals surface area contributed by atoms with Gasteiger partial charge in [0.05, 0.1) is 16.1 Å². The molecule has 1 aromatic carbocycles. The number of amidine groups is 1. The maximum absolute atomic E-state index is 14.6. The zero-order valence-corrected chi connectivity index (χ0v) is 16.9. The van der Waals surface area contributed by atoms with Crippen molar-refractivity contribution < 1.29 is 31.5 Å². The lowest BCUT2D eigenvalue weighted by Crippen LogP contribution is -2.46. The molecule has 168 valence electrons. The smallest absolute Gasteiger partial charge is 0.425 e. The zero-order chi connectivity index (χ0) is 23.8. The molecule has 13 heteroatoms. The number of nitrogens with two attached hydrogens (primary N) is 1. The first-order chi connectivity index (χ1) is 14.8. The third kappa shape index (κ3) is 4.57. The number of amides is 1. The number of halogens is 6. The Kier molecular flexibility index (Phi) is 5.97. The van der Waals surface area contributed by atoms with E-state index in [0.29, 0.717) is 6.07 Å². The van der Waals surface area contributed by atoms with Gasteiger partial charge in [-0.15, -0.1) is 0 Å². The van der Waals surface area contributed by atoms with Crippen molar-refractivity contribution in [2.24, 2.45) is 10.7 Å². The van der Waals surface area contributed by atoms with Crippen molar-refractivity contribution in [2.75, 3.05) is 5.32 Å². The summed E-state index contributed by atoms with van der Waals surface area (Å²) in [5, 5.41) is 10.9. The Bertz CT molecular complexity index is 1160. The van der Waals surface area contributed by atoms with Crippen LogP contribution in [0.3, 0.4) is 0 Å². The van der Waals surface area contributed by atoms with Gasteiger partial charge in [-0.25, -0.2) is 18.8 Å². The molecule has 0 saturated heterocycles. The Morgan fingerprint density at radius 3 is 2.66 bits per heavy atom. The van der Waals surface area contributed by atoms with Gasteiger partial charge < -0.3 is 15.8 Å². The number of pyridine rings is 1. The minimum atomic E-state index is -4.83. The molecule has 2 aromatic rings. The van der Waals surface area contributed by atoms with E-state index in [-0.39, 0.29) is 22.0 Å². The second-order valence-corrected chi connectivity index (χ2v) is 7.42. The van der Waals surface area contributed by atoms with Gasteiger partial charge in [-0.2, -0.15) is 18.4 Å². The summed E-state index contributed by atoms with van der Waals surface area (Å²) in [6, 6.07) is 3.68. The maximum atomic E-state index is 14.6. The minimum absolute atomic E-state index is 0.0868. The second kappa shape index (κ2) is 8.23. The van der Waals surface area contributed by atoms with Crippen molar-refractivity contribution in [1.29, 1.82) is 5.26 Å². The molecule has 0 aliphatic carbocycles. The molecule has 1 amide bonds. The van der Waals surface area contributed by atoms with Gasteiger partial charge in [-0.1, -0.05) is 11.6 Å². The molecule has 2 atom stereocenters. The van der Waals surface area contributed by atoms with Crippen molar-refractivity contribution in [3.63, 3.8) is 0 Å². The van der Waals surface area contributed by atoms with Crippen molar-refractivity contribution in [2.45, 2.75) is 31.2 Å². The van der Waals surface area contributed by atoms with E-state index < -0.39 is 53.4 Å². The third-order valence-corrected chi connectivity index (χ3v) is 4.91. The number of benzene rings is 1. The molecule has 0 radical (unpaired) electrons. The van der Waals surface area contributed by atoms with Gasteiger partial charge in [0.1, 0.15) is 11.8 Å². The van der Waals surface area contributed by atoms with Crippen LogP contribution in [0.2, 0.25) is 5.02 Å². The van der Waals surface area contributed by atoms with Crippen LogP contribution >= 0.6 is 11.6 Å². The molecule has 7 nitrogen and oxygen atoms in total. The molecule has 3 rings (SSSR count). The molecule has 1 aromatic heterocycles. The first-order valence-electron chi connectivity index (χ1n) is 8.79. The summed E-state index contributed by atoms with van der Waals surface area (Å²) in [5.74, 6) is -3.83. The number of hydrogen-bond acceptors (Lipinski definition) is 6.